The third-order valence-corrected chi connectivity index (χ3v) is 19.9. The van der Waals surface area contributed by atoms with Gasteiger partial charge in [-0.1, -0.05) is 135 Å². The molecule has 1 aliphatic heterocycles. The van der Waals surface area contributed by atoms with E-state index in [0.717, 1.165) is 45.6 Å². The summed E-state index contributed by atoms with van der Waals surface area (Å²) in [4.78, 5) is 3.30. The first kappa shape index (κ1) is 38.9. The summed E-state index contributed by atoms with van der Waals surface area (Å²) in [6, 6.07) is 63.3. The maximum atomic E-state index is 15.2. The third kappa shape index (κ3) is 5.27. The van der Waals surface area contributed by atoms with Gasteiger partial charge in [-0.05, 0) is 166 Å². The summed E-state index contributed by atoms with van der Waals surface area (Å²) >= 11 is 1.85. The summed E-state index contributed by atoms with van der Waals surface area (Å²) in [5, 5.41) is 2.59. The summed E-state index contributed by atoms with van der Waals surface area (Å²) < 4.78 is 33.0. The predicted octanol–water partition coefficient (Wildman–Crippen LogP) is 16.1. The second-order valence-corrected chi connectivity index (χ2v) is 23.4. The fraction of sp³-hybridized carbons (Fsp3) is 0.213. The van der Waals surface area contributed by atoms with Gasteiger partial charge in [0.25, 0.3) is 0 Å². The summed E-state index contributed by atoms with van der Waals surface area (Å²) in [6.45, 7) is 4.65. The number of benzene rings is 8. The SMILES string of the molecule is CC1(C)c2ccccc2-c2ccc(N(c3ccc(-c4ccccc4-c4cccc5sc6ccccc6c45)cc3)c3ccc4c(c3)S(=O)(=O)c3ccccc3C43C4CC5CC(C4)CC3C5)cc21. The van der Waals surface area contributed by atoms with Crippen LogP contribution in [0.3, 0.4) is 0 Å². The molecule has 0 radical (unpaired) electrons. The van der Waals surface area contributed by atoms with Gasteiger partial charge in [0.2, 0.25) is 9.84 Å². The average Bonchev–Trinajstić information content (AvgIpc) is 3.83. The summed E-state index contributed by atoms with van der Waals surface area (Å²) in [7, 11) is -3.82. The number of sulfone groups is 1. The third-order valence-electron chi connectivity index (χ3n) is 16.9. The molecule has 1 aromatic heterocycles. The molecule has 5 aliphatic carbocycles. The molecular formula is C61H49NO2S2. The van der Waals surface area contributed by atoms with Crippen molar-refractivity contribution in [3.8, 4) is 33.4 Å². The van der Waals surface area contributed by atoms with E-state index in [4.69, 9.17) is 0 Å². The van der Waals surface area contributed by atoms with Crippen molar-refractivity contribution in [3.63, 3.8) is 0 Å². The molecule has 0 unspecified atom stereocenters. The summed E-state index contributed by atoms with van der Waals surface area (Å²) in [5.41, 5.74) is 14.3. The fourth-order valence-corrected chi connectivity index (χ4v) is 17.3. The predicted molar refractivity (Wildman–Crippen MR) is 272 cm³/mol. The van der Waals surface area contributed by atoms with Crippen molar-refractivity contribution >= 4 is 58.4 Å². The Balaban J connectivity index is 0.943. The molecule has 9 aromatic rings. The van der Waals surface area contributed by atoms with E-state index in [1.165, 1.54) is 91.2 Å². The monoisotopic (exact) mass is 891 g/mol. The highest BCUT2D eigenvalue weighted by molar-refractivity contribution is 7.91. The van der Waals surface area contributed by atoms with Gasteiger partial charge in [-0.25, -0.2) is 8.42 Å². The van der Waals surface area contributed by atoms with E-state index in [0.29, 0.717) is 21.6 Å². The number of nitrogens with zero attached hydrogens (tertiary/aromatic N) is 1. The zero-order valence-corrected chi connectivity index (χ0v) is 38.8. The van der Waals surface area contributed by atoms with Gasteiger partial charge in [0.05, 0.1) is 9.79 Å². The standard InChI is InChI=1S/C61H49NO2S2/c1-60(2)51-17-7-5-14-47(51)48-28-26-43(35-54(48)60)62(42-24-22-39(23-25-42)45-12-3-4-13-46(45)49-16-11-20-56-59(49)50-15-6-9-19-55(50)65-56)44-27-29-53-58(36-44)66(63,64)57-21-10-8-18-52(57)61(53)40-31-37-30-38(33-40)34-41(61)32-37/h3-29,35-38,40-41H,30-34H2,1-2H3. The lowest BCUT2D eigenvalue weighted by Gasteiger charge is -2.63. The van der Waals surface area contributed by atoms with Gasteiger partial charge in [-0.15, -0.1) is 11.3 Å². The molecule has 2 heterocycles. The second-order valence-electron chi connectivity index (χ2n) is 20.5. The minimum absolute atomic E-state index is 0.202. The average molecular weight is 892 g/mol. The van der Waals surface area contributed by atoms with Crippen LogP contribution < -0.4 is 4.90 Å². The molecule has 3 nitrogen and oxygen atoms in total. The van der Waals surface area contributed by atoms with E-state index in [1.54, 1.807) is 0 Å². The normalized spacial score (nSPS) is 23.4. The second kappa shape index (κ2) is 13.9. The van der Waals surface area contributed by atoms with Crippen molar-refractivity contribution in [1.82, 2.24) is 0 Å². The van der Waals surface area contributed by atoms with Crippen molar-refractivity contribution in [2.75, 3.05) is 4.90 Å². The van der Waals surface area contributed by atoms with Crippen molar-refractivity contribution in [2.45, 2.75) is 66.6 Å². The quantitative estimate of drug-likeness (QED) is 0.173. The van der Waals surface area contributed by atoms with Gasteiger partial charge < -0.3 is 4.90 Å². The number of hydrogen-bond acceptors (Lipinski definition) is 4. The molecule has 0 atom stereocenters. The lowest BCUT2D eigenvalue weighted by atomic mass is 9.42. The Bertz CT molecular complexity index is 3590. The molecule has 4 saturated carbocycles. The molecule has 4 fully saturated rings. The van der Waals surface area contributed by atoms with Crippen LogP contribution in [0, 0.1) is 23.7 Å². The number of rotatable bonds is 5. The summed E-state index contributed by atoms with van der Waals surface area (Å²) in [5.74, 6) is 2.42. The van der Waals surface area contributed by atoms with Gasteiger partial charge in [-0.3, -0.25) is 0 Å². The van der Waals surface area contributed by atoms with E-state index in [-0.39, 0.29) is 10.8 Å². The summed E-state index contributed by atoms with van der Waals surface area (Å²) in [6.07, 6.45) is 6.11. The molecule has 15 rings (SSSR count). The Kier molecular flexibility index (Phi) is 8.19. The van der Waals surface area contributed by atoms with Crippen LogP contribution in [-0.4, -0.2) is 8.42 Å². The molecule has 322 valence electrons. The number of anilines is 3. The van der Waals surface area contributed by atoms with Gasteiger partial charge in [0, 0.05) is 48.1 Å². The smallest absolute Gasteiger partial charge is 0.207 e. The largest absolute Gasteiger partial charge is 0.310 e. The Labute approximate surface area is 391 Å². The van der Waals surface area contributed by atoms with Crippen LogP contribution in [0.4, 0.5) is 17.1 Å². The molecule has 8 aromatic carbocycles. The molecule has 1 spiro atoms. The van der Waals surface area contributed by atoms with Crippen LogP contribution in [0.25, 0.3) is 53.6 Å². The molecule has 0 N–H and O–H groups in total. The Hall–Kier alpha value is -6.27. The maximum absolute atomic E-state index is 15.2. The Morgan fingerprint density at radius 2 is 1.05 bits per heavy atom. The zero-order chi connectivity index (χ0) is 44.1. The van der Waals surface area contributed by atoms with Gasteiger partial charge in [0.15, 0.2) is 0 Å². The van der Waals surface area contributed by atoms with E-state index < -0.39 is 9.84 Å². The highest BCUT2D eigenvalue weighted by Crippen LogP contribution is 2.68. The van der Waals surface area contributed by atoms with E-state index in [9.17, 15) is 0 Å². The molecule has 66 heavy (non-hydrogen) atoms. The molecule has 4 bridgehead atoms. The van der Waals surface area contributed by atoms with Crippen LogP contribution in [0.1, 0.15) is 68.2 Å². The topological polar surface area (TPSA) is 37.4 Å². The molecule has 0 amide bonds. The molecule has 6 aliphatic rings. The fourth-order valence-electron chi connectivity index (χ4n) is 14.4. The minimum atomic E-state index is -3.82. The van der Waals surface area contributed by atoms with Crippen LogP contribution in [0.5, 0.6) is 0 Å². The van der Waals surface area contributed by atoms with Gasteiger partial charge in [0.1, 0.15) is 0 Å². The van der Waals surface area contributed by atoms with Crippen LogP contribution in [0.2, 0.25) is 0 Å². The number of hydrogen-bond donors (Lipinski definition) is 0. The van der Waals surface area contributed by atoms with Crippen LogP contribution in [-0.2, 0) is 20.7 Å². The lowest BCUT2D eigenvalue weighted by Crippen LogP contribution is -2.57. The highest BCUT2D eigenvalue weighted by atomic mass is 32.2. The first-order chi connectivity index (χ1) is 32.2. The van der Waals surface area contributed by atoms with E-state index in [1.807, 2.05) is 29.5 Å². The van der Waals surface area contributed by atoms with Gasteiger partial charge >= 0.3 is 0 Å². The van der Waals surface area contributed by atoms with Gasteiger partial charge in [-0.2, -0.15) is 0 Å². The Morgan fingerprint density at radius 3 is 1.83 bits per heavy atom. The van der Waals surface area contributed by atoms with Crippen LogP contribution >= 0.6 is 11.3 Å². The Morgan fingerprint density at radius 1 is 0.470 bits per heavy atom. The maximum Gasteiger partial charge on any atom is 0.207 e. The lowest BCUT2D eigenvalue weighted by molar-refractivity contribution is -0.0446. The highest BCUT2D eigenvalue weighted by Gasteiger charge is 2.62. The van der Waals surface area contributed by atoms with E-state index in [2.05, 4.69) is 176 Å². The first-order valence-electron chi connectivity index (χ1n) is 23.8. The zero-order valence-electron chi connectivity index (χ0n) is 37.2. The molecule has 0 saturated heterocycles. The van der Waals surface area contributed by atoms with Crippen molar-refractivity contribution in [3.05, 3.63) is 198 Å². The minimum Gasteiger partial charge on any atom is -0.310 e. The number of thiophene rings is 1. The number of fused-ring (bicyclic) bond motifs is 8. The molecular weight excluding hydrogens is 843 g/mol. The first-order valence-corrected chi connectivity index (χ1v) is 26.1. The van der Waals surface area contributed by atoms with Crippen molar-refractivity contribution in [2.24, 2.45) is 23.7 Å². The van der Waals surface area contributed by atoms with Crippen molar-refractivity contribution < 1.29 is 8.42 Å². The van der Waals surface area contributed by atoms with Crippen molar-refractivity contribution in [1.29, 1.82) is 0 Å². The molecule has 5 heteroatoms. The van der Waals surface area contributed by atoms with Crippen LogP contribution in [0.15, 0.2) is 186 Å². The van der Waals surface area contributed by atoms with E-state index >= 15 is 8.42 Å².